The van der Waals surface area contributed by atoms with E-state index in [9.17, 15) is 13.2 Å². The molecule has 0 unspecified atom stereocenters. The molecular formula is C18H22N2O3S3. The van der Waals surface area contributed by atoms with Crippen LogP contribution in [-0.4, -0.2) is 53.6 Å². The Balaban J connectivity index is 1.66. The SMILES string of the molecule is CCN(C(=O)[C@@H](C)Sc1nc(-c2ccccc2)cs1)[C@H]1CCS(=O)(=O)C1. The summed E-state index contributed by atoms with van der Waals surface area (Å²) in [4.78, 5) is 19.2. The standard InChI is InChI=1S/C18H22N2O3S3/c1-3-20(15-9-10-26(22,23)12-15)17(21)13(2)25-18-19-16(11-24-18)14-7-5-4-6-8-14/h4-8,11,13,15H,3,9-10,12H2,1-2H3/t13-,15+/m1/s1. The van der Waals surface area contributed by atoms with E-state index in [1.54, 1.807) is 4.90 Å². The lowest BCUT2D eigenvalue weighted by Crippen LogP contribution is -2.44. The van der Waals surface area contributed by atoms with Crippen LogP contribution in [0.2, 0.25) is 0 Å². The monoisotopic (exact) mass is 410 g/mol. The molecule has 8 heteroatoms. The summed E-state index contributed by atoms with van der Waals surface area (Å²) in [6.45, 7) is 4.29. The molecule has 1 aliphatic heterocycles. The van der Waals surface area contributed by atoms with Gasteiger partial charge >= 0.3 is 0 Å². The van der Waals surface area contributed by atoms with Crippen molar-refractivity contribution < 1.29 is 13.2 Å². The fourth-order valence-electron chi connectivity index (χ4n) is 3.10. The van der Waals surface area contributed by atoms with Crippen LogP contribution in [0.1, 0.15) is 20.3 Å². The maximum Gasteiger partial charge on any atom is 0.236 e. The lowest BCUT2D eigenvalue weighted by Gasteiger charge is -2.29. The third-order valence-corrected chi connectivity index (χ3v) is 8.26. The van der Waals surface area contributed by atoms with Crippen LogP contribution in [0.5, 0.6) is 0 Å². The van der Waals surface area contributed by atoms with Gasteiger partial charge in [0.05, 0.1) is 22.4 Å². The summed E-state index contributed by atoms with van der Waals surface area (Å²) in [7, 11) is -3.01. The predicted octanol–water partition coefficient (Wildman–Crippen LogP) is 3.33. The van der Waals surface area contributed by atoms with Crippen molar-refractivity contribution >= 4 is 38.8 Å². The number of hydrogen-bond acceptors (Lipinski definition) is 6. The molecule has 1 fully saturated rings. The number of carbonyl (C=O) groups excluding carboxylic acids is 1. The molecule has 0 radical (unpaired) electrons. The van der Waals surface area contributed by atoms with Crippen molar-refractivity contribution in [1.82, 2.24) is 9.88 Å². The molecule has 140 valence electrons. The Hall–Kier alpha value is -1.38. The predicted molar refractivity (Wildman–Crippen MR) is 107 cm³/mol. The van der Waals surface area contributed by atoms with Gasteiger partial charge in [-0.1, -0.05) is 42.1 Å². The topological polar surface area (TPSA) is 67.3 Å². The summed E-state index contributed by atoms with van der Waals surface area (Å²) in [6, 6.07) is 9.74. The summed E-state index contributed by atoms with van der Waals surface area (Å²) < 4.78 is 24.3. The fourth-order valence-corrected chi connectivity index (χ4v) is 6.88. The van der Waals surface area contributed by atoms with E-state index in [1.165, 1.54) is 23.1 Å². The molecule has 2 atom stereocenters. The van der Waals surface area contributed by atoms with Crippen molar-refractivity contribution in [2.75, 3.05) is 18.1 Å². The lowest BCUT2D eigenvalue weighted by molar-refractivity contribution is -0.131. The molecule has 2 aromatic rings. The molecule has 26 heavy (non-hydrogen) atoms. The second-order valence-corrected chi connectivity index (χ2v) is 11.0. The Morgan fingerprint density at radius 3 is 2.73 bits per heavy atom. The van der Waals surface area contributed by atoms with Crippen LogP contribution in [0, 0.1) is 0 Å². The van der Waals surface area contributed by atoms with Gasteiger partial charge in [-0.2, -0.15) is 0 Å². The van der Waals surface area contributed by atoms with E-state index >= 15 is 0 Å². The van der Waals surface area contributed by atoms with Crippen LogP contribution in [0.4, 0.5) is 0 Å². The lowest BCUT2D eigenvalue weighted by atomic mass is 10.2. The van der Waals surface area contributed by atoms with Gasteiger partial charge in [-0.3, -0.25) is 4.79 Å². The normalized spacial score (nSPS) is 20.0. The number of sulfone groups is 1. The highest BCUT2D eigenvalue weighted by atomic mass is 32.2. The Bertz CT molecular complexity index is 865. The zero-order chi connectivity index (χ0) is 18.7. The third-order valence-electron chi connectivity index (χ3n) is 4.45. The van der Waals surface area contributed by atoms with Gasteiger partial charge in [0.1, 0.15) is 0 Å². The van der Waals surface area contributed by atoms with Gasteiger partial charge in [0.2, 0.25) is 5.91 Å². The highest BCUT2D eigenvalue weighted by Gasteiger charge is 2.35. The van der Waals surface area contributed by atoms with Crippen molar-refractivity contribution in [1.29, 1.82) is 0 Å². The van der Waals surface area contributed by atoms with E-state index in [-0.39, 0.29) is 28.7 Å². The molecule has 0 N–H and O–H groups in total. The zero-order valence-corrected chi connectivity index (χ0v) is 17.2. The molecule has 1 saturated heterocycles. The van der Waals surface area contributed by atoms with Gasteiger partial charge in [-0.15, -0.1) is 11.3 Å². The number of thioether (sulfide) groups is 1. The summed E-state index contributed by atoms with van der Waals surface area (Å²) in [5.74, 6) is 0.242. The summed E-state index contributed by atoms with van der Waals surface area (Å²) >= 11 is 2.96. The third kappa shape index (κ3) is 4.47. The van der Waals surface area contributed by atoms with Crippen molar-refractivity contribution in [3.05, 3.63) is 35.7 Å². The molecule has 3 rings (SSSR count). The first-order chi connectivity index (χ1) is 12.4. The van der Waals surface area contributed by atoms with E-state index in [1.807, 2.05) is 49.6 Å². The van der Waals surface area contributed by atoms with E-state index in [4.69, 9.17) is 0 Å². The first-order valence-corrected chi connectivity index (χ1v) is 12.2. The number of benzene rings is 1. The molecule has 1 amide bonds. The minimum atomic E-state index is -3.01. The summed E-state index contributed by atoms with van der Waals surface area (Å²) in [5, 5.41) is 1.70. The van der Waals surface area contributed by atoms with Crippen LogP contribution in [0.25, 0.3) is 11.3 Å². The van der Waals surface area contributed by atoms with E-state index in [0.717, 1.165) is 15.6 Å². The van der Waals surface area contributed by atoms with E-state index < -0.39 is 9.84 Å². The molecule has 0 spiro atoms. The van der Waals surface area contributed by atoms with Crippen molar-refractivity contribution in [3.63, 3.8) is 0 Å². The van der Waals surface area contributed by atoms with Gasteiger partial charge in [-0.25, -0.2) is 13.4 Å². The van der Waals surface area contributed by atoms with Crippen LogP contribution in [-0.2, 0) is 14.6 Å². The average Bonchev–Trinajstić information content (AvgIpc) is 3.22. The molecule has 5 nitrogen and oxygen atoms in total. The number of rotatable bonds is 6. The maximum absolute atomic E-state index is 12.8. The van der Waals surface area contributed by atoms with Crippen molar-refractivity contribution in [3.8, 4) is 11.3 Å². The highest BCUT2D eigenvalue weighted by Crippen LogP contribution is 2.32. The Morgan fingerprint density at radius 2 is 2.12 bits per heavy atom. The molecule has 0 bridgehead atoms. The Kier molecular flexibility index (Phi) is 6.04. The number of aromatic nitrogens is 1. The number of carbonyl (C=O) groups is 1. The second kappa shape index (κ2) is 8.10. The average molecular weight is 411 g/mol. The molecule has 0 aliphatic carbocycles. The molecule has 2 heterocycles. The number of amides is 1. The first kappa shape index (κ1) is 19.4. The molecule has 0 saturated carbocycles. The van der Waals surface area contributed by atoms with Gasteiger partial charge in [0, 0.05) is 23.5 Å². The fraction of sp³-hybridized carbons (Fsp3) is 0.444. The summed E-state index contributed by atoms with van der Waals surface area (Å²) in [5.41, 5.74) is 1.97. The number of thiazole rings is 1. The minimum Gasteiger partial charge on any atom is -0.338 e. The smallest absolute Gasteiger partial charge is 0.236 e. The molecular weight excluding hydrogens is 388 g/mol. The van der Waals surface area contributed by atoms with Crippen LogP contribution in [0.15, 0.2) is 40.1 Å². The zero-order valence-electron chi connectivity index (χ0n) is 14.8. The second-order valence-electron chi connectivity index (χ2n) is 6.31. The van der Waals surface area contributed by atoms with Gasteiger partial charge in [0.15, 0.2) is 14.2 Å². The largest absolute Gasteiger partial charge is 0.338 e. The van der Waals surface area contributed by atoms with Crippen LogP contribution >= 0.6 is 23.1 Å². The maximum atomic E-state index is 12.8. The van der Waals surface area contributed by atoms with Gasteiger partial charge in [-0.05, 0) is 20.3 Å². The van der Waals surface area contributed by atoms with E-state index in [0.29, 0.717) is 13.0 Å². The number of nitrogens with zero attached hydrogens (tertiary/aromatic N) is 2. The van der Waals surface area contributed by atoms with Crippen LogP contribution in [0.3, 0.4) is 0 Å². The molecule has 1 aromatic carbocycles. The van der Waals surface area contributed by atoms with Crippen molar-refractivity contribution in [2.45, 2.75) is 35.9 Å². The molecule has 1 aliphatic rings. The highest BCUT2D eigenvalue weighted by molar-refractivity contribution is 8.02. The Morgan fingerprint density at radius 1 is 1.38 bits per heavy atom. The Labute approximate surface area is 162 Å². The van der Waals surface area contributed by atoms with Gasteiger partial charge in [0.25, 0.3) is 0 Å². The van der Waals surface area contributed by atoms with Crippen molar-refractivity contribution in [2.24, 2.45) is 0 Å². The van der Waals surface area contributed by atoms with Crippen LogP contribution < -0.4 is 0 Å². The minimum absolute atomic E-state index is 0.0175. The quantitative estimate of drug-likeness (QED) is 0.684. The first-order valence-electron chi connectivity index (χ1n) is 8.58. The summed E-state index contributed by atoms with van der Waals surface area (Å²) in [6.07, 6.45) is 0.536. The van der Waals surface area contributed by atoms with Gasteiger partial charge < -0.3 is 4.90 Å². The number of hydrogen-bond donors (Lipinski definition) is 0. The molecule has 1 aromatic heterocycles. The van der Waals surface area contributed by atoms with E-state index in [2.05, 4.69) is 4.98 Å².